The number of nitrogens with zero attached hydrogens (tertiary/aromatic N) is 1. The predicted octanol–water partition coefficient (Wildman–Crippen LogP) is 3.50. The number of ether oxygens (including phenoxy) is 1. The van der Waals surface area contributed by atoms with Gasteiger partial charge in [0.1, 0.15) is 6.61 Å². The van der Waals surface area contributed by atoms with Crippen molar-refractivity contribution < 1.29 is 4.74 Å². The first-order chi connectivity index (χ1) is 8.36. The quantitative estimate of drug-likeness (QED) is 0.791. The van der Waals surface area contributed by atoms with Crippen LogP contribution in [0.5, 0.6) is 0 Å². The SMILES string of the molecule is Cc1cccc(-c2ccsc2)c1C1=NCCO1. The third-order valence-electron chi connectivity index (χ3n) is 2.90. The van der Waals surface area contributed by atoms with Crippen LogP contribution in [0.1, 0.15) is 11.1 Å². The Morgan fingerprint density at radius 1 is 1.29 bits per heavy atom. The highest BCUT2D eigenvalue weighted by molar-refractivity contribution is 7.08. The molecule has 0 unspecified atom stereocenters. The van der Waals surface area contributed by atoms with Crippen LogP contribution in [-0.4, -0.2) is 19.0 Å². The molecule has 17 heavy (non-hydrogen) atoms. The summed E-state index contributed by atoms with van der Waals surface area (Å²) >= 11 is 1.71. The number of aryl methyl sites for hydroxylation is 1. The smallest absolute Gasteiger partial charge is 0.217 e. The molecule has 2 aromatic rings. The summed E-state index contributed by atoms with van der Waals surface area (Å²) in [7, 11) is 0. The van der Waals surface area contributed by atoms with Crippen LogP contribution in [0.2, 0.25) is 0 Å². The lowest BCUT2D eigenvalue weighted by Crippen LogP contribution is -2.05. The Morgan fingerprint density at radius 2 is 2.24 bits per heavy atom. The van der Waals surface area contributed by atoms with Crippen LogP contribution in [-0.2, 0) is 4.74 Å². The minimum absolute atomic E-state index is 0.701. The second kappa shape index (κ2) is 4.34. The van der Waals surface area contributed by atoms with E-state index in [1.807, 2.05) is 0 Å². The fourth-order valence-corrected chi connectivity index (χ4v) is 2.75. The topological polar surface area (TPSA) is 21.6 Å². The molecule has 1 aromatic heterocycles. The molecule has 3 rings (SSSR count). The minimum Gasteiger partial charge on any atom is -0.475 e. The summed E-state index contributed by atoms with van der Waals surface area (Å²) in [4.78, 5) is 4.44. The van der Waals surface area contributed by atoms with Crippen LogP contribution in [0.3, 0.4) is 0 Å². The van der Waals surface area contributed by atoms with Gasteiger partial charge < -0.3 is 4.74 Å². The Morgan fingerprint density at radius 3 is 2.94 bits per heavy atom. The Balaban J connectivity index is 2.18. The molecule has 0 atom stereocenters. The first kappa shape index (κ1) is 10.5. The van der Waals surface area contributed by atoms with E-state index < -0.39 is 0 Å². The highest BCUT2D eigenvalue weighted by Gasteiger charge is 2.17. The van der Waals surface area contributed by atoms with E-state index in [1.54, 1.807) is 11.3 Å². The summed E-state index contributed by atoms with van der Waals surface area (Å²) in [5.41, 5.74) is 4.82. The van der Waals surface area contributed by atoms with Crippen LogP contribution >= 0.6 is 11.3 Å². The fraction of sp³-hybridized carbons (Fsp3) is 0.214. The molecule has 0 radical (unpaired) electrons. The number of thiophene rings is 1. The molecule has 2 heterocycles. The number of hydrogen-bond acceptors (Lipinski definition) is 3. The van der Waals surface area contributed by atoms with Crippen molar-refractivity contribution in [2.75, 3.05) is 13.2 Å². The number of aliphatic imine (C=N–C) groups is 1. The maximum absolute atomic E-state index is 5.61. The van der Waals surface area contributed by atoms with E-state index in [0.717, 1.165) is 18.0 Å². The predicted molar refractivity (Wildman–Crippen MR) is 71.8 cm³/mol. The van der Waals surface area contributed by atoms with Gasteiger partial charge in [-0.2, -0.15) is 11.3 Å². The molecule has 0 fully saturated rings. The Kier molecular flexibility index (Phi) is 2.69. The molecule has 0 bridgehead atoms. The molecule has 0 saturated carbocycles. The molecule has 86 valence electrons. The first-order valence-corrected chi connectivity index (χ1v) is 6.60. The first-order valence-electron chi connectivity index (χ1n) is 5.66. The third kappa shape index (κ3) is 1.87. The third-order valence-corrected chi connectivity index (χ3v) is 3.59. The molecule has 0 saturated heterocycles. The van der Waals surface area contributed by atoms with Gasteiger partial charge in [-0.1, -0.05) is 18.2 Å². The van der Waals surface area contributed by atoms with Crippen molar-refractivity contribution in [1.29, 1.82) is 0 Å². The van der Waals surface area contributed by atoms with Crippen molar-refractivity contribution in [3.05, 3.63) is 46.2 Å². The highest BCUT2D eigenvalue weighted by Crippen LogP contribution is 2.29. The Hall–Kier alpha value is -1.61. The zero-order valence-corrected chi connectivity index (χ0v) is 10.5. The minimum atomic E-state index is 0.701. The van der Waals surface area contributed by atoms with Crippen molar-refractivity contribution in [1.82, 2.24) is 0 Å². The van der Waals surface area contributed by atoms with Crippen LogP contribution in [0.25, 0.3) is 11.1 Å². The van der Waals surface area contributed by atoms with Gasteiger partial charge in [-0.25, -0.2) is 4.99 Å². The van der Waals surface area contributed by atoms with E-state index in [4.69, 9.17) is 4.74 Å². The standard InChI is InChI=1S/C14H13NOS/c1-10-3-2-4-12(11-5-8-17-9-11)13(10)14-15-6-7-16-14/h2-5,8-9H,6-7H2,1H3. The van der Waals surface area contributed by atoms with Crippen molar-refractivity contribution >= 4 is 17.2 Å². The fourth-order valence-electron chi connectivity index (χ4n) is 2.10. The van der Waals surface area contributed by atoms with Gasteiger partial charge in [-0.3, -0.25) is 0 Å². The highest BCUT2D eigenvalue weighted by atomic mass is 32.1. The molecule has 1 aromatic carbocycles. The number of rotatable bonds is 2. The average molecular weight is 243 g/mol. The molecule has 0 aliphatic carbocycles. The molecule has 1 aliphatic rings. The van der Waals surface area contributed by atoms with Gasteiger partial charge in [-0.15, -0.1) is 0 Å². The van der Waals surface area contributed by atoms with E-state index >= 15 is 0 Å². The molecule has 3 heteroatoms. The zero-order chi connectivity index (χ0) is 11.7. The van der Waals surface area contributed by atoms with Gasteiger partial charge in [0.2, 0.25) is 5.90 Å². The summed E-state index contributed by atoms with van der Waals surface area (Å²) in [5, 5.41) is 4.26. The van der Waals surface area contributed by atoms with Gasteiger partial charge in [0.25, 0.3) is 0 Å². The van der Waals surface area contributed by atoms with Gasteiger partial charge in [0.15, 0.2) is 0 Å². The van der Waals surface area contributed by atoms with Crippen molar-refractivity contribution in [2.45, 2.75) is 6.92 Å². The van der Waals surface area contributed by atoms with Crippen LogP contribution < -0.4 is 0 Å². The Bertz CT molecular complexity index is 558. The average Bonchev–Trinajstić information content (AvgIpc) is 3.02. The van der Waals surface area contributed by atoms with Crippen molar-refractivity contribution in [3.63, 3.8) is 0 Å². The maximum atomic E-state index is 5.61. The number of hydrogen-bond donors (Lipinski definition) is 0. The van der Waals surface area contributed by atoms with E-state index in [1.165, 1.54) is 16.7 Å². The monoisotopic (exact) mass is 243 g/mol. The maximum Gasteiger partial charge on any atom is 0.217 e. The van der Waals surface area contributed by atoms with Gasteiger partial charge in [0.05, 0.1) is 6.54 Å². The molecular formula is C14H13NOS. The molecule has 0 spiro atoms. The largest absolute Gasteiger partial charge is 0.475 e. The number of benzene rings is 1. The molecular weight excluding hydrogens is 230 g/mol. The lowest BCUT2D eigenvalue weighted by Gasteiger charge is -2.11. The van der Waals surface area contributed by atoms with E-state index in [-0.39, 0.29) is 0 Å². The zero-order valence-electron chi connectivity index (χ0n) is 9.64. The van der Waals surface area contributed by atoms with Gasteiger partial charge >= 0.3 is 0 Å². The summed E-state index contributed by atoms with van der Waals surface area (Å²) in [5.74, 6) is 0.796. The normalized spacial score (nSPS) is 14.5. The molecule has 0 amide bonds. The van der Waals surface area contributed by atoms with Crippen LogP contribution in [0.4, 0.5) is 0 Å². The second-order valence-electron chi connectivity index (χ2n) is 4.04. The lowest BCUT2D eigenvalue weighted by atomic mass is 9.97. The van der Waals surface area contributed by atoms with Gasteiger partial charge in [-0.05, 0) is 40.4 Å². The summed E-state index contributed by atoms with van der Waals surface area (Å²) in [6.07, 6.45) is 0. The van der Waals surface area contributed by atoms with E-state index in [9.17, 15) is 0 Å². The molecule has 0 N–H and O–H groups in total. The van der Waals surface area contributed by atoms with Crippen molar-refractivity contribution in [3.8, 4) is 11.1 Å². The summed E-state index contributed by atoms with van der Waals surface area (Å²) in [6, 6.07) is 8.46. The van der Waals surface area contributed by atoms with Gasteiger partial charge in [0, 0.05) is 5.56 Å². The Labute approximate surface area is 105 Å². The summed E-state index contributed by atoms with van der Waals surface area (Å²) in [6.45, 7) is 3.58. The van der Waals surface area contributed by atoms with Crippen LogP contribution in [0.15, 0.2) is 40.0 Å². The summed E-state index contributed by atoms with van der Waals surface area (Å²) < 4.78 is 5.61. The molecule has 2 nitrogen and oxygen atoms in total. The molecule has 1 aliphatic heterocycles. The second-order valence-corrected chi connectivity index (χ2v) is 4.82. The van der Waals surface area contributed by atoms with Crippen LogP contribution in [0, 0.1) is 6.92 Å². The van der Waals surface area contributed by atoms with Crippen molar-refractivity contribution in [2.24, 2.45) is 4.99 Å². The lowest BCUT2D eigenvalue weighted by molar-refractivity contribution is 0.348. The van der Waals surface area contributed by atoms with E-state index in [2.05, 4.69) is 46.9 Å². The van der Waals surface area contributed by atoms with E-state index in [0.29, 0.717) is 6.61 Å².